The Kier molecular flexibility index (Phi) is 5.07. The van der Waals surface area contributed by atoms with Gasteiger partial charge in [0, 0.05) is 36.3 Å². The van der Waals surface area contributed by atoms with E-state index in [1.807, 2.05) is 12.1 Å². The summed E-state index contributed by atoms with van der Waals surface area (Å²) in [5, 5.41) is 29.0. The Hall–Kier alpha value is -3.88. The smallest absolute Gasteiger partial charge is 0.211 e. The average Bonchev–Trinajstić information content (AvgIpc) is 3.24. The molecule has 34 heavy (non-hydrogen) atoms. The molecule has 1 fully saturated rings. The number of benzene rings is 2. The lowest BCUT2D eigenvalue weighted by atomic mass is 9.90. The highest BCUT2D eigenvalue weighted by Crippen LogP contribution is 2.36. The molecular weight excluding hydrogens is 459 g/mol. The van der Waals surface area contributed by atoms with Crippen LogP contribution in [0.1, 0.15) is 6.42 Å². The minimum Gasteiger partial charge on any atom is -0.508 e. The fourth-order valence-electron chi connectivity index (χ4n) is 4.22. The van der Waals surface area contributed by atoms with Crippen LogP contribution in [0.5, 0.6) is 5.75 Å². The molecule has 4 aromatic rings. The fourth-order valence-corrected chi connectivity index (χ4v) is 5.17. The monoisotopic (exact) mass is 478 g/mol. The Morgan fingerprint density at radius 3 is 2.68 bits per heavy atom. The van der Waals surface area contributed by atoms with Gasteiger partial charge in [-0.3, -0.25) is 4.98 Å². The van der Waals surface area contributed by atoms with Gasteiger partial charge in [-0.05, 0) is 41.5 Å². The number of aromatic nitrogens is 4. The van der Waals surface area contributed by atoms with Crippen molar-refractivity contribution >= 4 is 20.9 Å². The summed E-state index contributed by atoms with van der Waals surface area (Å²) in [6, 6.07) is 13.2. The number of hydrogen-bond acceptors (Lipinski definition) is 7. The number of aromatic hydroxyl groups is 1. The molecular formula is C23H19FN6O3S. The SMILES string of the molecule is CS(=O)(=O)N1CC(CC#N)(n2ncc(-c3cc(-c4cc(O)cc(F)c4)cc4ncccc34)n2)C1. The van der Waals surface area contributed by atoms with Crippen molar-refractivity contribution in [2.24, 2.45) is 0 Å². The standard InChI is InChI=1S/C23H19FN6O3S/c1-34(32,33)29-13-23(14-29,4-5-25)30-27-12-22(28-30)20-9-16(10-21-19(20)3-2-6-26-21)15-7-17(24)11-18(31)8-15/h2-3,6-12,31H,4,13-14H2,1H3. The number of nitriles is 1. The quantitative estimate of drug-likeness (QED) is 0.468. The summed E-state index contributed by atoms with van der Waals surface area (Å²) in [7, 11) is -3.39. The Morgan fingerprint density at radius 2 is 1.97 bits per heavy atom. The molecule has 0 atom stereocenters. The van der Waals surface area contributed by atoms with Gasteiger partial charge >= 0.3 is 0 Å². The number of phenols is 1. The van der Waals surface area contributed by atoms with Gasteiger partial charge in [0.15, 0.2) is 0 Å². The van der Waals surface area contributed by atoms with E-state index in [0.29, 0.717) is 27.9 Å². The van der Waals surface area contributed by atoms with Crippen LogP contribution in [0.25, 0.3) is 33.3 Å². The van der Waals surface area contributed by atoms with Crippen LogP contribution in [-0.4, -0.2) is 57.2 Å². The molecule has 1 N–H and O–H groups in total. The van der Waals surface area contributed by atoms with Crippen molar-refractivity contribution in [2.75, 3.05) is 19.3 Å². The third kappa shape index (κ3) is 3.76. The lowest BCUT2D eigenvalue weighted by Crippen LogP contribution is -2.64. The minimum atomic E-state index is -3.39. The van der Waals surface area contributed by atoms with Crippen molar-refractivity contribution < 1.29 is 17.9 Å². The van der Waals surface area contributed by atoms with Gasteiger partial charge in [0.05, 0.1) is 30.5 Å². The molecule has 172 valence electrons. The number of sulfonamides is 1. The lowest BCUT2D eigenvalue weighted by Gasteiger charge is -2.46. The first-order chi connectivity index (χ1) is 16.2. The van der Waals surface area contributed by atoms with Crippen molar-refractivity contribution in [3.8, 4) is 34.2 Å². The van der Waals surface area contributed by atoms with E-state index < -0.39 is 21.4 Å². The summed E-state index contributed by atoms with van der Waals surface area (Å²) in [5.74, 6) is -0.759. The van der Waals surface area contributed by atoms with E-state index >= 15 is 0 Å². The highest BCUT2D eigenvalue weighted by atomic mass is 32.2. The summed E-state index contributed by atoms with van der Waals surface area (Å²) in [4.78, 5) is 5.83. The third-order valence-electron chi connectivity index (χ3n) is 5.95. The van der Waals surface area contributed by atoms with E-state index in [1.54, 1.807) is 24.5 Å². The molecule has 0 spiro atoms. The summed E-state index contributed by atoms with van der Waals surface area (Å²) in [6.07, 6.45) is 4.38. The Labute approximate surface area is 194 Å². The van der Waals surface area contributed by atoms with Crippen molar-refractivity contribution in [2.45, 2.75) is 12.0 Å². The van der Waals surface area contributed by atoms with Crippen LogP contribution in [0.15, 0.2) is 54.9 Å². The molecule has 9 nitrogen and oxygen atoms in total. The first-order valence-electron chi connectivity index (χ1n) is 10.3. The number of fused-ring (bicyclic) bond motifs is 1. The van der Waals surface area contributed by atoms with E-state index in [-0.39, 0.29) is 25.3 Å². The van der Waals surface area contributed by atoms with E-state index in [4.69, 9.17) is 0 Å². The molecule has 0 aliphatic carbocycles. The van der Waals surface area contributed by atoms with Crippen molar-refractivity contribution in [1.82, 2.24) is 24.3 Å². The molecule has 1 aliphatic heterocycles. The second-order valence-electron chi connectivity index (χ2n) is 8.40. The Morgan fingerprint density at radius 1 is 1.21 bits per heavy atom. The maximum Gasteiger partial charge on any atom is 0.211 e. The predicted octanol–water partition coefficient (Wildman–Crippen LogP) is 2.89. The highest BCUT2D eigenvalue weighted by molar-refractivity contribution is 7.88. The second kappa shape index (κ2) is 7.86. The van der Waals surface area contributed by atoms with Gasteiger partial charge in [-0.25, -0.2) is 12.8 Å². The molecule has 3 heterocycles. The first-order valence-corrected chi connectivity index (χ1v) is 12.2. The largest absolute Gasteiger partial charge is 0.508 e. The minimum absolute atomic E-state index is 0.0536. The van der Waals surface area contributed by atoms with E-state index in [9.17, 15) is 23.2 Å². The summed E-state index contributed by atoms with van der Waals surface area (Å²) >= 11 is 0. The normalized spacial score (nSPS) is 15.7. The highest BCUT2D eigenvalue weighted by Gasteiger charge is 2.50. The zero-order valence-electron chi connectivity index (χ0n) is 18.1. The van der Waals surface area contributed by atoms with Gasteiger partial charge in [-0.2, -0.15) is 24.6 Å². The number of nitrogens with zero attached hydrogens (tertiary/aromatic N) is 6. The van der Waals surface area contributed by atoms with Crippen molar-refractivity contribution in [3.63, 3.8) is 0 Å². The molecule has 0 radical (unpaired) electrons. The zero-order valence-corrected chi connectivity index (χ0v) is 18.9. The van der Waals surface area contributed by atoms with Crippen LogP contribution in [0.2, 0.25) is 0 Å². The van der Waals surface area contributed by atoms with Gasteiger partial charge in [-0.1, -0.05) is 6.07 Å². The van der Waals surface area contributed by atoms with Crippen LogP contribution in [0, 0.1) is 17.1 Å². The fraction of sp³-hybridized carbons (Fsp3) is 0.217. The molecule has 0 amide bonds. The lowest BCUT2D eigenvalue weighted by molar-refractivity contribution is 0.0579. The van der Waals surface area contributed by atoms with Crippen LogP contribution in [-0.2, 0) is 15.6 Å². The zero-order chi connectivity index (χ0) is 24.1. The maximum absolute atomic E-state index is 13.9. The molecule has 0 saturated carbocycles. The molecule has 2 aromatic carbocycles. The number of rotatable bonds is 5. The van der Waals surface area contributed by atoms with Gasteiger partial charge in [0.25, 0.3) is 0 Å². The van der Waals surface area contributed by atoms with Crippen LogP contribution in [0.3, 0.4) is 0 Å². The van der Waals surface area contributed by atoms with Crippen molar-refractivity contribution in [3.05, 3.63) is 60.7 Å². The molecule has 5 rings (SSSR count). The summed E-state index contributed by atoms with van der Waals surface area (Å²) < 4.78 is 39.0. The first kappa shape index (κ1) is 21.9. The van der Waals surface area contributed by atoms with E-state index in [1.165, 1.54) is 21.2 Å². The third-order valence-corrected chi connectivity index (χ3v) is 7.14. The number of pyridine rings is 1. The molecule has 2 aromatic heterocycles. The van der Waals surface area contributed by atoms with Gasteiger partial charge in [0.1, 0.15) is 22.8 Å². The summed E-state index contributed by atoms with van der Waals surface area (Å²) in [6.45, 7) is 0.219. The van der Waals surface area contributed by atoms with Gasteiger partial charge in [0.2, 0.25) is 10.0 Å². The molecule has 1 saturated heterocycles. The topological polar surface area (TPSA) is 125 Å². The van der Waals surface area contributed by atoms with Crippen molar-refractivity contribution in [1.29, 1.82) is 5.26 Å². The van der Waals surface area contributed by atoms with E-state index in [2.05, 4.69) is 21.3 Å². The van der Waals surface area contributed by atoms with Crippen LogP contribution >= 0.6 is 0 Å². The van der Waals surface area contributed by atoms with Gasteiger partial charge < -0.3 is 5.11 Å². The predicted molar refractivity (Wildman–Crippen MR) is 122 cm³/mol. The Balaban J connectivity index is 1.61. The van der Waals surface area contributed by atoms with E-state index in [0.717, 1.165) is 17.7 Å². The number of phenolic OH excluding ortho intramolecular Hbond substituents is 1. The average molecular weight is 479 g/mol. The maximum atomic E-state index is 13.9. The molecule has 1 aliphatic rings. The summed E-state index contributed by atoms with van der Waals surface area (Å²) in [5.41, 5.74) is 2.08. The van der Waals surface area contributed by atoms with Crippen LogP contribution in [0.4, 0.5) is 4.39 Å². The number of halogens is 1. The second-order valence-corrected chi connectivity index (χ2v) is 10.4. The molecule has 0 bridgehead atoms. The van der Waals surface area contributed by atoms with Crippen LogP contribution < -0.4 is 0 Å². The Bertz CT molecular complexity index is 1550. The molecule has 0 unspecified atom stereocenters. The van der Waals surface area contributed by atoms with Gasteiger partial charge in [-0.15, -0.1) is 0 Å². The number of hydrogen-bond donors (Lipinski definition) is 1. The molecule has 11 heteroatoms.